The summed E-state index contributed by atoms with van der Waals surface area (Å²) in [5, 5.41) is 3.09. The monoisotopic (exact) mass is 405 g/mol. The molecule has 5 nitrogen and oxygen atoms in total. The average Bonchev–Trinajstić information content (AvgIpc) is 2.55. The summed E-state index contributed by atoms with van der Waals surface area (Å²) in [6.45, 7) is -0.990. The second-order valence-corrected chi connectivity index (χ2v) is 5.95. The van der Waals surface area contributed by atoms with Crippen LogP contribution in [0.15, 0.2) is 36.4 Å². The minimum absolute atomic E-state index is 0.0281. The highest BCUT2D eigenvalue weighted by Gasteiger charge is 2.12. The molecule has 0 saturated heterocycles. The van der Waals surface area contributed by atoms with Crippen LogP contribution in [0.2, 0.25) is 15.1 Å². The lowest BCUT2D eigenvalue weighted by Gasteiger charge is -2.09. The molecule has 132 valence electrons. The quantitative estimate of drug-likeness (QED) is 0.725. The number of carbonyl (C=O) groups excluding carboxylic acids is 2. The molecule has 0 bridgehead atoms. The molecule has 0 atom stereocenters. The van der Waals surface area contributed by atoms with Gasteiger partial charge in [-0.05, 0) is 36.4 Å². The van der Waals surface area contributed by atoms with Gasteiger partial charge in [0.05, 0.1) is 15.7 Å². The summed E-state index contributed by atoms with van der Waals surface area (Å²) in [5.74, 6) is -1.68. The van der Waals surface area contributed by atoms with E-state index in [9.17, 15) is 14.0 Å². The molecule has 0 heterocycles. The van der Waals surface area contributed by atoms with E-state index in [0.717, 1.165) is 12.1 Å². The van der Waals surface area contributed by atoms with Crippen molar-refractivity contribution in [3.63, 3.8) is 0 Å². The van der Waals surface area contributed by atoms with Gasteiger partial charge in [-0.1, -0.05) is 34.8 Å². The highest BCUT2D eigenvalue weighted by atomic mass is 35.5. The lowest BCUT2D eigenvalue weighted by molar-refractivity contribution is -0.149. The van der Waals surface area contributed by atoms with Gasteiger partial charge in [0, 0.05) is 5.02 Å². The van der Waals surface area contributed by atoms with Crippen molar-refractivity contribution >= 4 is 52.4 Å². The van der Waals surface area contributed by atoms with Crippen LogP contribution in [-0.4, -0.2) is 25.1 Å². The molecule has 2 aromatic carbocycles. The number of hydrogen-bond acceptors (Lipinski definition) is 4. The van der Waals surface area contributed by atoms with Crippen LogP contribution in [0.4, 0.5) is 10.1 Å². The third kappa shape index (κ3) is 6.08. The average molecular weight is 407 g/mol. The van der Waals surface area contributed by atoms with E-state index in [4.69, 9.17) is 44.3 Å². The largest absolute Gasteiger partial charge is 0.480 e. The molecular weight excluding hydrogens is 396 g/mol. The molecule has 0 aromatic heterocycles. The van der Waals surface area contributed by atoms with E-state index in [2.05, 4.69) is 5.32 Å². The van der Waals surface area contributed by atoms with Crippen LogP contribution in [0.25, 0.3) is 0 Å². The van der Waals surface area contributed by atoms with Gasteiger partial charge in [-0.15, -0.1) is 0 Å². The Morgan fingerprint density at radius 2 is 1.76 bits per heavy atom. The Labute approximate surface area is 157 Å². The number of carbonyl (C=O) groups is 2. The molecule has 0 fully saturated rings. The molecule has 0 aliphatic carbocycles. The van der Waals surface area contributed by atoms with Gasteiger partial charge in [0.2, 0.25) is 0 Å². The smallest absolute Gasteiger partial charge is 0.344 e. The highest BCUT2D eigenvalue weighted by Crippen LogP contribution is 2.27. The van der Waals surface area contributed by atoms with Crippen LogP contribution in [0.3, 0.4) is 0 Å². The fraction of sp³-hybridized carbons (Fsp3) is 0.125. The number of hydrogen-bond donors (Lipinski definition) is 1. The zero-order valence-corrected chi connectivity index (χ0v) is 14.8. The maximum Gasteiger partial charge on any atom is 0.344 e. The van der Waals surface area contributed by atoms with Crippen LogP contribution in [0, 0.1) is 5.82 Å². The number of nitrogens with one attached hydrogen (secondary N) is 1. The van der Waals surface area contributed by atoms with Crippen molar-refractivity contribution in [3.05, 3.63) is 57.3 Å². The topological polar surface area (TPSA) is 64.6 Å². The van der Waals surface area contributed by atoms with Crippen molar-refractivity contribution < 1.29 is 23.5 Å². The normalized spacial score (nSPS) is 10.2. The Morgan fingerprint density at radius 1 is 1.00 bits per heavy atom. The highest BCUT2D eigenvalue weighted by molar-refractivity contribution is 6.35. The minimum Gasteiger partial charge on any atom is -0.480 e. The van der Waals surface area contributed by atoms with E-state index >= 15 is 0 Å². The van der Waals surface area contributed by atoms with Crippen molar-refractivity contribution in [2.75, 3.05) is 18.5 Å². The van der Waals surface area contributed by atoms with Gasteiger partial charge in [-0.3, -0.25) is 4.79 Å². The number of ether oxygens (including phenoxy) is 2. The maximum absolute atomic E-state index is 12.9. The molecular formula is C16H11Cl3FNO4. The molecule has 2 rings (SSSR count). The van der Waals surface area contributed by atoms with Crippen LogP contribution in [-0.2, 0) is 14.3 Å². The Kier molecular flexibility index (Phi) is 6.87. The second-order valence-electron chi connectivity index (χ2n) is 4.70. The molecule has 2 aromatic rings. The van der Waals surface area contributed by atoms with Gasteiger partial charge in [-0.25, -0.2) is 9.18 Å². The number of rotatable bonds is 6. The molecule has 0 radical (unpaired) electrons. The number of halogens is 4. The molecule has 0 saturated carbocycles. The van der Waals surface area contributed by atoms with Crippen molar-refractivity contribution in [2.45, 2.75) is 0 Å². The molecule has 1 amide bonds. The predicted molar refractivity (Wildman–Crippen MR) is 93.0 cm³/mol. The Morgan fingerprint density at radius 3 is 2.44 bits per heavy atom. The van der Waals surface area contributed by atoms with E-state index in [1.807, 2.05) is 0 Å². The van der Waals surface area contributed by atoms with Crippen molar-refractivity contribution in [1.29, 1.82) is 0 Å². The molecule has 0 aliphatic rings. The summed E-state index contributed by atoms with van der Waals surface area (Å²) in [7, 11) is 0. The Balaban J connectivity index is 1.78. The fourth-order valence-corrected chi connectivity index (χ4v) is 2.37. The third-order valence-corrected chi connectivity index (χ3v) is 3.65. The molecule has 0 aliphatic heterocycles. The van der Waals surface area contributed by atoms with Gasteiger partial charge in [0.15, 0.2) is 13.2 Å². The lowest BCUT2D eigenvalue weighted by atomic mass is 10.3. The van der Waals surface area contributed by atoms with E-state index in [0.29, 0.717) is 5.02 Å². The number of benzene rings is 2. The first-order valence-electron chi connectivity index (χ1n) is 6.83. The predicted octanol–water partition coefficient (Wildman–Crippen LogP) is 4.35. The van der Waals surface area contributed by atoms with Crippen LogP contribution >= 0.6 is 34.8 Å². The van der Waals surface area contributed by atoms with Gasteiger partial charge in [-0.2, -0.15) is 0 Å². The van der Waals surface area contributed by atoms with Gasteiger partial charge in [0.1, 0.15) is 11.6 Å². The molecule has 9 heteroatoms. The zero-order chi connectivity index (χ0) is 18.4. The number of esters is 1. The van der Waals surface area contributed by atoms with E-state index in [1.54, 1.807) is 6.07 Å². The van der Waals surface area contributed by atoms with Gasteiger partial charge >= 0.3 is 5.97 Å². The zero-order valence-electron chi connectivity index (χ0n) is 12.5. The summed E-state index contributed by atoms with van der Waals surface area (Å²) in [6, 6.07) is 7.99. The number of anilines is 1. The molecule has 25 heavy (non-hydrogen) atoms. The SMILES string of the molecule is O=C(COC(=O)COc1ccc(Cl)cc1Cl)Nc1ccc(F)cc1Cl. The second kappa shape index (κ2) is 8.89. The summed E-state index contributed by atoms with van der Waals surface area (Å²) in [6.07, 6.45) is 0. The lowest BCUT2D eigenvalue weighted by Crippen LogP contribution is -2.23. The first-order valence-corrected chi connectivity index (χ1v) is 7.97. The van der Waals surface area contributed by atoms with Gasteiger partial charge < -0.3 is 14.8 Å². The summed E-state index contributed by atoms with van der Waals surface area (Å²) in [5.41, 5.74) is 0.202. The summed E-state index contributed by atoms with van der Waals surface area (Å²) >= 11 is 17.4. The van der Waals surface area contributed by atoms with Gasteiger partial charge in [0.25, 0.3) is 5.91 Å². The van der Waals surface area contributed by atoms with Crippen LogP contribution < -0.4 is 10.1 Å². The first-order chi connectivity index (χ1) is 11.8. The van der Waals surface area contributed by atoms with Crippen molar-refractivity contribution in [3.8, 4) is 5.75 Å². The van der Waals surface area contributed by atoms with E-state index in [1.165, 1.54) is 18.2 Å². The Bertz CT molecular complexity index is 801. The molecule has 0 spiro atoms. The van der Waals surface area contributed by atoms with Crippen molar-refractivity contribution in [1.82, 2.24) is 0 Å². The van der Waals surface area contributed by atoms with E-state index < -0.39 is 30.9 Å². The van der Waals surface area contributed by atoms with E-state index in [-0.39, 0.29) is 21.5 Å². The Hall–Kier alpha value is -2.02. The third-order valence-electron chi connectivity index (χ3n) is 2.81. The standard InChI is InChI=1S/C16H11Cl3FNO4/c17-9-1-4-14(12(19)5-9)24-8-16(23)25-7-15(22)21-13-3-2-10(20)6-11(13)18/h1-6H,7-8H2,(H,21,22). The first kappa shape index (κ1) is 19.3. The number of amides is 1. The maximum atomic E-state index is 12.9. The van der Waals surface area contributed by atoms with Crippen LogP contribution in [0.1, 0.15) is 0 Å². The fourth-order valence-electron chi connectivity index (χ4n) is 1.69. The molecule has 0 unspecified atom stereocenters. The van der Waals surface area contributed by atoms with Crippen LogP contribution in [0.5, 0.6) is 5.75 Å². The van der Waals surface area contributed by atoms with Crippen molar-refractivity contribution in [2.24, 2.45) is 0 Å². The minimum atomic E-state index is -0.772. The molecule has 1 N–H and O–H groups in total. The summed E-state index contributed by atoms with van der Waals surface area (Å²) < 4.78 is 22.9. The summed E-state index contributed by atoms with van der Waals surface area (Å²) in [4.78, 5) is 23.3.